The molecule has 1 aromatic rings. The SMILES string of the molecule is COCCN(CC1CCCN1)C(=O)c1ccc(C)cc1. The van der Waals surface area contributed by atoms with Crippen molar-refractivity contribution in [3.8, 4) is 0 Å². The molecular formula is C16H24N2O2. The minimum absolute atomic E-state index is 0.0933. The molecule has 1 amide bonds. The van der Waals surface area contributed by atoms with Gasteiger partial charge in [0, 0.05) is 31.8 Å². The first-order valence-electron chi connectivity index (χ1n) is 7.29. The molecule has 0 aliphatic carbocycles. The Bertz CT molecular complexity index is 425. The third-order valence-corrected chi connectivity index (χ3v) is 3.75. The van der Waals surface area contributed by atoms with E-state index >= 15 is 0 Å². The van der Waals surface area contributed by atoms with Crippen LogP contribution in [-0.4, -0.2) is 50.2 Å². The van der Waals surface area contributed by atoms with Gasteiger partial charge in [-0.3, -0.25) is 4.79 Å². The Morgan fingerprint density at radius 3 is 2.75 bits per heavy atom. The van der Waals surface area contributed by atoms with Crippen molar-refractivity contribution in [1.82, 2.24) is 10.2 Å². The summed E-state index contributed by atoms with van der Waals surface area (Å²) < 4.78 is 5.13. The number of carbonyl (C=O) groups is 1. The van der Waals surface area contributed by atoms with Gasteiger partial charge in [0.1, 0.15) is 0 Å². The number of methoxy groups -OCH3 is 1. The van der Waals surface area contributed by atoms with Crippen LogP contribution in [0, 0.1) is 6.92 Å². The molecule has 1 aromatic carbocycles. The summed E-state index contributed by atoms with van der Waals surface area (Å²) in [6.07, 6.45) is 2.34. The van der Waals surface area contributed by atoms with Crippen molar-refractivity contribution >= 4 is 5.91 Å². The van der Waals surface area contributed by atoms with Crippen LogP contribution in [-0.2, 0) is 4.74 Å². The topological polar surface area (TPSA) is 41.6 Å². The predicted octanol–water partition coefficient (Wildman–Crippen LogP) is 1.84. The number of carbonyl (C=O) groups excluding carboxylic acids is 1. The van der Waals surface area contributed by atoms with Crippen molar-refractivity contribution in [2.75, 3.05) is 33.4 Å². The lowest BCUT2D eigenvalue weighted by atomic mass is 10.1. The molecule has 1 heterocycles. The third kappa shape index (κ3) is 4.05. The van der Waals surface area contributed by atoms with Crippen molar-refractivity contribution < 1.29 is 9.53 Å². The van der Waals surface area contributed by atoms with Crippen LogP contribution in [0.25, 0.3) is 0 Å². The van der Waals surface area contributed by atoms with Crippen molar-refractivity contribution in [3.05, 3.63) is 35.4 Å². The van der Waals surface area contributed by atoms with Crippen molar-refractivity contribution in [1.29, 1.82) is 0 Å². The summed E-state index contributed by atoms with van der Waals surface area (Å²) in [6.45, 7) is 5.06. The van der Waals surface area contributed by atoms with E-state index in [1.807, 2.05) is 36.1 Å². The predicted molar refractivity (Wildman–Crippen MR) is 80.0 cm³/mol. The van der Waals surface area contributed by atoms with Crippen LogP contribution in [0.1, 0.15) is 28.8 Å². The first kappa shape index (κ1) is 15.0. The maximum atomic E-state index is 12.6. The molecule has 110 valence electrons. The molecule has 0 saturated carbocycles. The quantitative estimate of drug-likeness (QED) is 0.862. The van der Waals surface area contributed by atoms with Crippen LogP contribution < -0.4 is 5.32 Å². The van der Waals surface area contributed by atoms with Crippen molar-refractivity contribution in [3.63, 3.8) is 0 Å². The first-order valence-corrected chi connectivity index (χ1v) is 7.29. The summed E-state index contributed by atoms with van der Waals surface area (Å²) in [6, 6.07) is 8.19. The standard InChI is InChI=1S/C16H24N2O2/c1-13-5-7-14(8-6-13)16(19)18(10-11-20-2)12-15-4-3-9-17-15/h5-8,15,17H,3-4,9-12H2,1-2H3. The monoisotopic (exact) mass is 276 g/mol. The zero-order valence-corrected chi connectivity index (χ0v) is 12.4. The Morgan fingerprint density at radius 1 is 1.40 bits per heavy atom. The lowest BCUT2D eigenvalue weighted by Gasteiger charge is -2.26. The van der Waals surface area contributed by atoms with E-state index < -0.39 is 0 Å². The summed E-state index contributed by atoms with van der Waals surface area (Å²) in [5.74, 6) is 0.0933. The second kappa shape index (κ2) is 7.41. The molecule has 1 aliphatic heterocycles. The fraction of sp³-hybridized carbons (Fsp3) is 0.562. The fourth-order valence-corrected chi connectivity index (χ4v) is 2.53. The fourth-order valence-electron chi connectivity index (χ4n) is 2.53. The Balaban J connectivity index is 2.03. The van der Waals surface area contributed by atoms with Crippen molar-refractivity contribution in [2.24, 2.45) is 0 Å². The largest absolute Gasteiger partial charge is 0.383 e. The minimum atomic E-state index is 0.0933. The smallest absolute Gasteiger partial charge is 0.253 e. The number of hydrogen-bond donors (Lipinski definition) is 1. The van der Waals surface area contributed by atoms with Gasteiger partial charge in [0.05, 0.1) is 6.61 Å². The minimum Gasteiger partial charge on any atom is -0.383 e. The molecule has 1 unspecified atom stereocenters. The lowest BCUT2D eigenvalue weighted by Crippen LogP contribution is -2.42. The van der Waals surface area contributed by atoms with Gasteiger partial charge in [-0.15, -0.1) is 0 Å². The molecule has 1 saturated heterocycles. The van der Waals surface area contributed by atoms with Crippen LogP contribution in [0.3, 0.4) is 0 Å². The van der Waals surface area contributed by atoms with Gasteiger partial charge in [0.25, 0.3) is 5.91 Å². The zero-order valence-electron chi connectivity index (χ0n) is 12.4. The summed E-state index contributed by atoms with van der Waals surface area (Å²) in [5, 5.41) is 3.44. The van der Waals surface area contributed by atoms with Gasteiger partial charge in [0.15, 0.2) is 0 Å². The summed E-state index contributed by atoms with van der Waals surface area (Å²) in [4.78, 5) is 14.5. The first-order chi connectivity index (χ1) is 9.70. The summed E-state index contributed by atoms with van der Waals surface area (Å²) >= 11 is 0. The van der Waals surface area contributed by atoms with Crippen molar-refractivity contribution in [2.45, 2.75) is 25.8 Å². The highest BCUT2D eigenvalue weighted by molar-refractivity contribution is 5.94. The highest BCUT2D eigenvalue weighted by Crippen LogP contribution is 2.11. The number of nitrogens with one attached hydrogen (secondary N) is 1. The number of aryl methyl sites for hydroxylation is 1. The average Bonchev–Trinajstić information content (AvgIpc) is 2.96. The van der Waals surface area contributed by atoms with Crippen LogP contribution >= 0.6 is 0 Å². The molecule has 0 aromatic heterocycles. The number of hydrogen-bond acceptors (Lipinski definition) is 3. The molecule has 4 heteroatoms. The van der Waals surface area contributed by atoms with Gasteiger partial charge < -0.3 is 15.0 Å². The highest BCUT2D eigenvalue weighted by atomic mass is 16.5. The van der Waals surface area contributed by atoms with Gasteiger partial charge in [0.2, 0.25) is 0 Å². The normalized spacial score (nSPS) is 18.2. The third-order valence-electron chi connectivity index (χ3n) is 3.75. The number of benzene rings is 1. The highest BCUT2D eigenvalue weighted by Gasteiger charge is 2.22. The maximum Gasteiger partial charge on any atom is 0.253 e. The molecule has 0 radical (unpaired) electrons. The molecule has 2 rings (SSSR count). The number of nitrogens with zero attached hydrogens (tertiary/aromatic N) is 1. The van der Waals surface area contributed by atoms with E-state index in [0.29, 0.717) is 19.2 Å². The second-order valence-electron chi connectivity index (χ2n) is 5.40. The maximum absolute atomic E-state index is 12.6. The molecule has 1 atom stereocenters. The van der Waals surface area contributed by atoms with Gasteiger partial charge in [-0.2, -0.15) is 0 Å². The average molecular weight is 276 g/mol. The Kier molecular flexibility index (Phi) is 5.56. The van der Waals surface area contributed by atoms with E-state index in [2.05, 4.69) is 5.32 Å². The van der Waals surface area contributed by atoms with E-state index in [4.69, 9.17) is 4.74 Å². The summed E-state index contributed by atoms with van der Waals surface area (Å²) in [7, 11) is 1.67. The van der Waals surface area contributed by atoms with Crippen LogP contribution in [0.2, 0.25) is 0 Å². The molecule has 4 nitrogen and oxygen atoms in total. The molecule has 20 heavy (non-hydrogen) atoms. The molecule has 0 bridgehead atoms. The van der Waals surface area contributed by atoms with E-state index in [1.54, 1.807) is 7.11 Å². The molecule has 1 aliphatic rings. The number of amides is 1. The van der Waals surface area contributed by atoms with Gasteiger partial charge in [-0.1, -0.05) is 17.7 Å². The molecule has 1 fully saturated rings. The van der Waals surface area contributed by atoms with Gasteiger partial charge >= 0.3 is 0 Å². The van der Waals surface area contributed by atoms with Crippen LogP contribution in [0.5, 0.6) is 0 Å². The zero-order chi connectivity index (χ0) is 14.4. The summed E-state index contributed by atoms with van der Waals surface area (Å²) in [5.41, 5.74) is 1.92. The molecule has 1 N–H and O–H groups in total. The Hall–Kier alpha value is -1.39. The number of rotatable bonds is 6. The van der Waals surface area contributed by atoms with E-state index in [9.17, 15) is 4.79 Å². The van der Waals surface area contributed by atoms with Gasteiger partial charge in [-0.05, 0) is 38.4 Å². The van der Waals surface area contributed by atoms with E-state index in [-0.39, 0.29) is 5.91 Å². The van der Waals surface area contributed by atoms with E-state index in [1.165, 1.54) is 12.0 Å². The molecular weight excluding hydrogens is 252 g/mol. The van der Waals surface area contributed by atoms with Gasteiger partial charge in [-0.25, -0.2) is 0 Å². The van der Waals surface area contributed by atoms with Crippen LogP contribution in [0.4, 0.5) is 0 Å². The van der Waals surface area contributed by atoms with Crippen LogP contribution in [0.15, 0.2) is 24.3 Å². The Morgan fingerprint density at radius 2 is 2.15 bits per heavy atom. The number of ether oxygens (including phenoxy) is 1. The van der Waals surface area contributed by atoms with E-state index in [0.717, 1.165) is 25.1 Å². The Labute approximate surface area is 121 Å². The second-order valence-corrected chi connectivity index (χ2v) is 5.40. The lowest BCUT2D eigenvalue weighted by molar-refractivity contribution is 0.0679. The molecule has 0 spiro atoms.